The molecule has 3 amide bonds. The Morgan fingerprint density at radius 3 is 2.24 bits per heavy atom. The van der Waals surface area contributed by atoms with Gasteiger partial charge in [0.25, 0.3) is 17.7 Å². The summed E-state index contributed by atoms with van der Waals surface area (Å²) in [6, 6.07) is 19.8. The number of imide groups is 1. The summed E-state index contributed by atoms with van der Waals surface area (Å²) in [5.41, 5.74) is 2.39. The summed E-state index contributed by atoms with van der Waals surface area (Å²) in [6.45, 7) is 1.39. The molecule has 1 aliphatic heterocycles. The standard InChI is InChI=1S/C26H21ClN2O5/c1-16(18-9-11-20(27)12-10-18)28-23(30)15-34-26(33)19-6-4-5-17(13-19)14-29-24(31)21-7-2-3-8-22(21)25(29)32/h2-13,16H,14-15H2,1H3,(H,28,30). The molecule has 0 aromatic heterocycles. The van der Waals surface area contributed by atoms with E-state index in [9.17, 15) is 19.2 Å². The van der Waals surface area contributed by atoms with Crippen molar-refractivity contribution in [2.75, 3.05) is 6.61 Å². The predicted molar refractivity (Wildman–Crippen MR) is 125 cm³/mol. The predicted octanol–water partition coefficient (Wildman–Crippen LogP) is 4.17. The zero-order chi connectivity index (χ0) is 24.2. The van der Waals surface area contributed by atoms with Crippen molar-refractivity contribution in [1.82, 2.24) is 10.2 Å². The number of carbonyl (C=O) groups excluding carboxylic acids is 4. The molecule has 0 bridgehead atoms. The Labute approximate surface area is 201 Å². The van der Waals surface area contributed by atoms with Gasteiger partial charge in [-0.25, -0.2) is 4.79 Å². The average molecular weight is 477 g/mol. The first-order chi connectivity index (χ1) is 16.3. The lowest BCUT2D eigenvalue weighted by atomic mass is 10.1. The van der Waals surface area contributed by atoms with Gasteiger partial charge >= 0.3 is 5.97 Å². The van der Waals surface area contributed by atoms with Gasteiger partial charge in [0.2, 0.25) is 0 Å². The van der Waals surface area contributed by atoms with Crippen LogP contribution in [0.25, 0.3) is 0 Å². The number of nitrogens with one attached hydrogen (secondary N) is 1. The van der Waals surface area contributed by atoms with E-state index >= 15 is 0 Å². The molecule has 34 heavy (non-hydrogen) atoms. The van der Waals surface area contributed by atoms with Gasteiger partial charge in [-0.3, -0.25) is 19.3 Å². The normalized spacial score (nSPS) is 13.4. The molecule has 3 aromatic rings. The highest BCUT2D eigenvalue weighted by Gasteiger charge is 2.35. The van der Waals surface area contributed by atoms with Gasteiger partial charge in [-0.15, -0.1) is 0 Å². The molecule has 8 heteroatoms. The van der Waals surface area contributed by atoms with Gasteiger partial charge in [0.1, 0.15) is 0 Å². The maximum atomic E-state index is 12.6. The lowest BCUT2D eigenvalue weighted by Gasteiger charge is -2.15. The lowest BCUT2D eigenvalue weighted by Crippen LogP contribution is -2.31. The number of carbonyl (C=O) groups is 4. The number of amides is 3. The summed E-state index contributed by atoms with van der Waals surface area (Å²) in [7, 11) is 0. The molecule has 0 saturated carbocycles. The minimum absolute atomic E-state index is 0.0204. The van der Waals surface area contributed by atoms with Crippen molar-refractivity contribution < 1.29 is 23.9 Å². The largest absolute Gasteiger partial charge is 0.452 e. The molecule has 3 aromatic carbocycles. The van der Waals surface area contributed by atoms with Crippen LogP contribution in [-0.4, -0.2) is 35.2 Å². The van der Waals surface area contributed by atoms with Crippen molar-refractivity contribution in [3.05, 3.63) is 106 Å². The summed E-state index contributed by atoms with van der Waals surface area (Å²) >= 11 is 5.88. The smallest absolute Gasteiger partial charge is 0.338 e. The average Bonchev–Trinajstić information content (AvgIpc) is 3.08. The Morgan fingerprint density at radius 1 is 0.941 bits per heavy atom. The zero-order valence-corrected chi connectivity index (χ0v) is 19.0. The van der Waals surface area contributed by atoms with Gasteiger partial charge in [0.15, 0.2) is 6.61 Å². The van der Waals surface area contributed by atoms with Gasteiger partial charge in [-0.05, 0) is 54.4 Å². The molecule has 1 unspecified atom stereocenters. The molecular formula is C26H21ClN2O5. The van der Waals surface area contributed by atoms with E-state index in [4.69, 9.17) is 16.3 Å². The first-order valence-electron chi connectivity index (χ1n) is 10.6. The molecule has 1 heterocycles. The Morgan fingerprint density at radius 2 is 1.59 bits per heavy atom. The molecule has 1 atom stereocenters. The van der Waals surface area contributed by atoms with Crippen LogP contribution in [0.3, 0.4) is 0 Å². The van der Waals surface area contributed by atoms with Crippen LogP contribution in [0.5, 0.6) is 0 Å². The molecule has 0 aliphatic carbocycles. The minimum atomic E-state index is -0.682. The third-order valence-corrected chi connectivity index (χ3v) is 5.72. The van der Waals surface area contributed by atoms with E-state index in [1.165, 1.54) is 0 Å². The molecule has 0 spiro atoms. The summed E-state index contributed by atoms with van der Waals surface area (Å²) < 4.78 is 5.14. The van der Waals surface area contributed by atoms with Gasteiger partial charge in [-0.1, -0.05) is 48.0 Å². The van der Waals surface area contributed by atoms with E-state index in [0.29, 0.717) is 21.7 Å². The van der Waals surface area contributed by atoms with Crippen LogP contribution in [0, 0.1) is 0 Å². The fourth-order valence-corrected chi connectivity index (χ4v) is 3.82. The van der Waals surface area contributed by atoms with Crippen molar-refractivity contribution in [2.45, 2.75) is 19.5 Å². The summed E-state index contributed by atoms with van der Waals surface area (Å²) in [5.74, 6) is -1.88. The number of hydrogen-bond acceptors (Lipinski definition) is 5. The quantitative estimate of drug-likeness (QED) is 0.408. The zero-order valence-electron chi connectivity index (χ0n) is 18.3. The van der Waals surface area contributed by atoms with Gasteiger partial charge in [-0.2, -0.15) is 0 Å². The molecular weight excluding hydrogens is 456 g/mol. The second kappa shape index (κ2) is 9.89. The maximum absolute atomic E-state index is 12.6. The first-order valence-corrected chi connectivity index (χ1v) is 11.0. The second-order valence-electron chi connectivity index (χ2n) is 7.86. The topological polar surface area (TPSA) is 92.8 Å². The van der Waals surface area contributed by atoms with Crippen LogP contribution in [-0.2, 0) is 16.1 Å². The van der Waals surface area contributed by atoms with E-state index in [1.807, 2.05) is 6.92 Å². The fraction of sp³-hybridized carbons (Fsp3) is 0.154. The van der Waals surface area contributed by atoms with E-state index in [0.717, 1.165) is 10.5 Å². The van der Waals surface area contributed by atoms with Crippen LogP contribution in [0.15, 0.2) is 72.8 Å². The Balaban J connectivity index is 1.34. The highest BCUT2D eigenvalue weighted by Crippen LogP contribution is 2.24. The number of hydrogen-bond donors (Lipinski definition) is 1. The Kier molecular flexibility index (Phi) is 6.75. The minimum Gasteiger partial charge on any atom is -0.452 e. The third-order valence-electron chi connectivity index (χ3n) is 5.46. The Hall–Kier alpha value is -3.97. The van der Waals surface area contributed by atoms with Gasteiger partial charge in [0.05, 0.1) is 29.3 Å². The molecule has 0 fully saturated rings. The van der Waals surface area contributed by atoms with E-state index in [2.05, 4.69) is 5.32 Å². The highest BCUT2D eigenvalue weighted by atomic mass is 35.5. The number of esters is 1. The molecule has 4 rings (SSSR count). The maximum Gasteiger partial charge on any atom is 0.338 e. The van der Waals surface area contributed by atoms with E-state index < -0.39 is 18.5 Å². The number of nitrogens with zero attached hydrogens (tertiary/aromatic N) is 1. The third kappa shape index (κ3) is 5.00. The van der Waals surface area contributed by atoms with Crippen molar-refractivity contribution in [3.8, 4) is 0 Å². The SMILES string of the molecule is CC(NC(=O)COC(=O)c1cccc(CN2C(=O)c3ccccc3C2=O)c1)c1ccc(Cl)cc1. The summed E-state index contributed by atoms with van der Waals surface area (Å²) in [6.07, 6.45) is 0. The molecule has 172 valence electrons. The van der Waals surface area contributed by atoms with Crippen LogP contribution >= 0.6 is 11.6 Å². The number of rotatable bonds is 7. The monoisotopic (exact) mass is 476 g/mol. The van der Waals surface area contributed by atoms with Crippen molar-refractivity contribution in [2.24, 2.45) is 0 Å². The number of halogens is 1. The summed E-state index contributed by atoms with van der Waals surface area (Å²) in [4.78, 5) is 51.0. The highest BCUT2D eigenvalue weighted by molar-refractivity contribution is 6.30. The van der Waals surface area contributed by atoms with Crippen molar-refractivity contribution in [1.29, 1.82) is 0 Å². The fourth-order valence-electron chi connectivity index (χ4n) is 3.69. The van der Waals surface area contributed by atoms with E-state index in [-0.39, 0.29) is 30.0 Å². The number of fused-ring (bicyclic) bond motifs is 1. The van der Waals surface area contributed by atoms with Crippen LogP contribution in [0.2, 0.25) is 5.02 Å². The van der Waals surface area contributed by atoms with Crippen LogP contribution in [0.1, 0.15) is 55.2 Å². The lowest BCUT2D eigenvalue weighted by molar-refractivity contribution is -0.124. The Bertz CT molecular complexity index is 1240. The van der Waals surface area contributed by atoms with Crippen LogP contribution < -0.4 is 5.32 Å². The van der Waals surface area contributed by atoms with E-state index in [1.54, 1.807) is 72.8 Å². The molecule has 7 nitrogen and oxygen atoms in total. The molecule has 0 saturated heterocycles. The first kappa shape index (κ1) is 23.2. The molecule has 1 aliphatic rings. The van der Waals surface area contributed by atoms with Crippen LogP contribution in [0.4, 0.5) is 0 Å². The second-order valence-corrected chi connectivity index (χ2v) is 8.30. The number of benzene rings is 3. The van der Waals surface area contributed by atoms with Gasteiger partial charge in [0, 0.05) is 5.02 Å². The molecule has 1 N–H and O–H groups in total. The molecule has 0 radical (unpaired) electrons. The van der Waals surface area contributed by atoms with Crippen molar-refractivity contribution >= 4 is 35.3 Å². The van der Waals surface area contributed by atoms with Crippen molar-refractivity contribution in [3.63, 3.8) is 0 Å². The summed E-state index contributed by atoms with van der Waals surface area (Å²) in [5, 5.41) is 3.36. The van der Waals surface area contributed by atoms with Gasteiger partial charge < -0.3 is 10.1 Å². The number of ether oxygens (including phenoxy) is 1.